The molecule has 0 amide bonds. The topological polar surface area (TPSA) is 52.6 Å². The fraction of sp³-hybridized carbons (Fsp3) is 0.615. The number of thiophene rings is 1. The lowest BCUT2D eigenvalue weighted by Gasteiger charge is -2.20. The summed E-state index contributed by atoms with van der Waals surface area (Å²) in [5.41, 5.74) is 1.04. The number of carbonyl (C=O) groups is 1. The van der Waals surface area contributed by atoms with Crippen LogP contribution in [0.5, 0.6) is 0 Å². The largest absolute Gasteiger partial charge is 0.480 e. The second-order valence-electron chi connectivity index (χ2n) is 4.22. The molecule has 0 radical (unpaired) electrons. The second-order valence-corrected chi connectivity index (χ2v) is 5.17. The molecule has 0 aromatic carbocycles. The minimum absolute atomic E-state index is 0.583. The molecule has 18 heavy (non-hydrogen) atoms. The van der Waals surface area contributed by atoms with Crippen LogP contribution in [0, 0.1) is 6.92 Å². The molecule has 1 unspecified atom stereocenters. The van der Waals surface area contributed by atoms with Crippen LogP contribution in [0.4, 0.5) is 0 Å². The monoisotopic (exact) mass is 270 g/mol. The van der Waals surface area contributed by atoms with Crippen molar-refractivity contribution < 1.29 is 9.90 Å². The van der Waals surface area contributed by atoms with Gasteiger partial charge in [-0.15, -0.1) is 11.3 Å². The van der Waals surface area contributed by atoms with E-state index in [0.29, 0.717) is 6.54 Å². The molecule has 5 heteroatoms. The molecule has 0 fully saturated rings. The zero-order chi connectivity index (χ0) is 13.5. The van der Waals surface area contributed by atoms with Crippen LogP contribution in [0.3, 0.4) is 0 Å². The van der Waals surface area contributed by atoms with Gasteiger partial charge in [0.15, 0.2) is 0 Å². The van der Waals surface area contributed by atoms with Crippen LogP contribution in [0.1, 0.15) is 30.3 Å². The summed E-state index contributed by atoms with van der Waals surface area (Å²) >= 11 is 1.50. The van der Waals surface area contributed by atoms with E-state index in [1.807, 2.05) is 18.4 Å². The van der Waals surface area contributed by atoms with Crippen molar-refractivity contribution >= 4 is 17.3 Å². The van der Waals surface area contributed by atoms with E-state index in [4.69, 9.17) is 0 Å². The number of hydrogen-bond acceptors (Lipinski definition) is 4. The summed E-state index contributed by atoms with van der Waals surface area (Å²) in [4.78, 5) is 14.5. The number of carboxylic acid groups (broad SMARTS) is 1. The molecule has 0 bridgehead atoms. The van der Waals surface area contributed by atoms with Gasteiger partial charge >= 0.3 is 5.97 Å². The molecule has 4 nitrogen and oxygen atoms in total. The Morgan fingerprint density at radius 1 is 1.50 bits per heavy atom. The van der Waals surface area contributed by atoms with Gasteiger partial charge in [-0.2, -0.15) is 0 Å². The highest BCUT2D eigenvalue weighted by atomic mass is 32.1. The van der Waals surface area contributed by atoms with Crippen LogP contribution in [0.2, 0.25) is 0 Å². The van der Waals surface area contributed by atoms with Crippen molar-refractivity contribution in [2.45, 2.75) is 26.8 Å². The van der Waals surface area contributed by atoms with Gasteiger partial charge in [0.05, 0.1) is 0 Å². The first-order valence-corrected chi connectivity index (χ1v) is 7.20. The molecule has 2 N–H and O–H groups in total. The Bertz CT molecular complexity index is 375. The third kappa shape index (κ3) is 4.08. The Hall–Kier alpha value is -0.910. The van der Waals surface area contributed by atoms with Gasteiger partial charge in [-0.1, -0.05) is 13.8 Å². The smallest absolute Gasteiger partial charge is 0.326 e. The van der Waals surface area contributed by atoms with Crippen LogP contribution in [0.15, 0.2) is 11.4 Å². The van der Waals surface area contributed by atoms with E-state index in [2.05, 4.69) is 24.1 Å². The zero-order valence-electron chi connectivity index (χ0n) is 11.3. The third-order valence-electron chi connectivity index (χ3n) is 3.08. The number of hydrogen-bond donors (Lipinski definition) is 2. The van der Waals surface area contributed by atoms with Gasteiger partial charge < -0.3 is 10.0 Å². The maximum Gasteiger partial charge on any atom is 0.326 e. The number of nitrogens with one attached hydrogen (secondary N) is 1. The Labute approximate surface area is 113 Å². The number of carboxylic acids is 1. The lowest BCUT2D eigenvalue weighted by Crippen LogP contribution is -2.36. The number of rotatable bonds is 8. The number of likely N-dealkylation sites (N-methyl/N-ethyl adjacent to an activating group) is 1. The molecular weight excluding hydrogens is 248 g/mol. The van der Waals surface area contributed by atoms with Gasteiger partial charge in [0.2, 0.25) is 0 Å². The highest BCUT2D eigenvalue weighted by Crippen LogP contribution is 2.23. The summed E-state index contributed by atoms with van der Waals surface area (Å²) in [5.74, 6) is -0.805. The van der Waals surface area contributed by atoms with Gasteiger partial charge in [0, 0.05) is 18.0 Å². The van der Waals surface area contributed by atoms with Crippen LogP contribution >= 0.6 is 11.3 Å². The van der Waals surface area contributed by atoms with E-state index in [-0.39, 0.29) is 0 Å². The average Bonchev–Trinajstić information content (AvgIpc) is 2.75. The van der Waals surface area contributed by atoms with Crippen LogP contribution in [-0.2, 0) is 4.79 Å². The first-order chi connectivity index (χ1) is 8.60. The fourth-order valence-electron chi connectivity index (χ4n) is 1.88. The summed E-state index contributed by atoms with van der Waals surface area (Å²) in [5, 5.41) is 14.3. The van der Waals surface area contributed by atoms with Crippen molar-refractivity contribution in [1.82, 2.24) is 10.2 Å². The van der Waals surface area contributed by atoms with Crippen LogP contribution in [-0.4, -0.2) is 42.2 Å². The standard InChI is InChI=1S/C13H22N2O2S/c1-4-15(5-2)8-7-14-11(13(16)17)12-10(3)6-9-18-12/h6,9,11,14H,4-5,7-8H2,1-3H3,(H,16,17). The van der Waals surface area contributed by atoms with E-state index in [1.54, 1.807) is 0 Å². The fourth-order valence-corrected chi connectivity index (χ4v) is 2.87. The molecule has 1 aromatic heterocycles. The number of aliphatic carboxylic acids is 1. The minimum Gasteiger partial charge on any atom is -0.480 e. The van der Waals surface area contributed by atoms with Crippen molar-refractivity contribution in [3.05, 3.63) is 21.9 Å². The average molecular weight is 270 g/mol. The molecule has 0 spiro atoms. The molecule has 1 rings (SSSR count). The Kier molecular flexibility index (Phi) is 6.32. The van der Waals surface area contributed by atoms with E-state index >= 15 is 0 Å². The number of aryl methyl sites for hydroxylation is 1. The first-order valence-electron chi connectivity index (χ1n) is 6.32. The van der Waals surface area contributed by atoms with Crippen molar-refractivity contribution in [3.8, 4) is 0 Å². The minimum atomic E-state index is -0.805. The summed E-state index contributed by atoms with van der Waals surface area (Å²) in [6.07, 6.45) is 0. The Balaban J connectivity index is 2.55. The Morgan fingerprint density at radius 2 is 2.17 bits per heavy atom. The highest BCUT2D eigenvalue weighted by Gasteiger charge is 2.21. The second kappa shape index (κ2) is 7.51. The van der Waals surface area contributed by atoms with Gasteiger partial charge in [-0.3, -0.25) is 10.1 Å². The SMILES string of the molecule is CCN(CC)CCNC(C(=O)O)c1sccc1C. The van der Waals surface area contributed by atoms with Gasteiger partial charge in [-0.25, -0.2) is 0 Å². The first kappa shape index (κ1) is 15.1. The molecule has 1 aromatic rings. The zero-order valence-corrected chi connectivity index (χ0v) is 12.1. The van der Waals surface area contributed by atoms with Gasteiger partial charge in [-0.05, 0) is 37.0 Å². The maximum atomic E-state index is 11.3. The normalized spacial score (nSPS) is 12.9. The molecule has 1 atom stereocenters. The van der Waals surface area contributed by atoms with E-state index in [0.717, 1.165) is 30.1 Å². The van der Waals surface area contributed by atoms with E-state index in [9.17, 15) is 9.90 Å². The van der Waals surface area contributed by atoms with Gasteiger partial charge in [0.25, 0.3) is 0 Å². The highest BCUT2D eigenvalue weighted by molar-refractivity contribution is 7.10. The predicted molar refractivity (Wildman–Crippen MR) is 75.2 cm³/mol. The summed E-state index contributed by atoms with van der Waals surface area (Å²) in [6, 6.07) is 1.38. The molecular formula is C13H22N2O2S. The molecule has 0 aliphatic rings. The van der Waals surface area contributed by atoms with Crippen LogP contribution < -0.4 is 5.32 Å². The van der Waals surface area contributed by atoms with Crippen molar-refractivity contribution in [3.63, 3.8) is 0 Å². The van der Waals surface area contributed by atoms with Crippen molar-refractivity contribution in [2.75, 3.05) is 26.2 Å². The lowest BCUT2D eigenvalue weighted by atomic mass is 10.1. The maximum absolute atomic E-state index is 11.3. The predicted octanol–water partition coefficient (Wildman–Crippen LogP) is 2.11. The molecule has 0 aliphatic carbocycles. The summed E-state index contributed by atoms with van der Waals surface area (Å²) < 4.78 is 0. The molecule has 1 heterocycles. The van der Waals surface area contributed by atoms with E-state index < -0.39 is 12.0 Å². The molecule has 0 saturated carbocycles. The summed E-state index contributed by atoms with van der Waals surface area (Å²) in [7, 11) is 0. The van der Waals surface area contributed by atoms with Gasteiger partial charge in [0.1, 0.15) is 6.04 Å². The number of nitrogens with zero attached hydrogens (tertiary/aromatic N) is 1. The van der Waals surface area contributed by atoms with Crippen molar-refractivity contribution in [1.29, 1.82) is 0 Å². The van der Waals surface area contributed by atoms with Crippen LogP contribution in [0.25, 0.3) is 0 Å². The Morgan fingerprint density at radius 3 is 2.61 bits per heavy atom. The molecule has 102 valence electrons. The third-order valence-corrected chi connectivity index (χ3v) is 4.17. The molecule has 0 aliphatic heterocycles. The lowest BCUT2D eigenvalue weighted by molar-refractivity contribution is -0.139. The summed E-state index contributed by atoms with van der Waals surface area (Å²) in [6.45, 7) is 9.73. The van der Waals surface area contributed by atoms with E-state index in [1.165, 1.54) is 11.3 Å². The quantitative estimate of drug-likeness (QED) is 0.759. The van der Waals surface area contributed by atoms with Crippen molar-refractivity contribution in [2.24, 2.45) is 0 Å². The molecule has 0 saturated heterocycles.